The molecule has 3 amide bonds. The maximum atomic E-state index is 11.6. The second-order valence-electron chi connectivity index (χ2n) is 3.68. The second-order valence-corrected chi connectivity index (χ2v) is 3.68. The molecule has 90 valence electrons. The van der Waals surface area contributed by atoms with Gasteiger partial charge in [-0.25, -0.2) is 4.79 Å². The first-order valence-corrected chi connectivity index (χ1v) is 5.55. The van der Waals surface area contributed by atoms with Crippen LogP contribution in [0.4, 0.5) is 10.5 Å². The lowest BCUT2D eigenvalue weighted by Crippen LogP contribution is -2.49. The van der Waals surface area contributed by atoms with Crippen LogP contribution in [0, 0.1) is 0 Å². The molecule has 17 heavy (non-hydrogen) atoms. The van der Waals surface area contributed by atoms with Crippen LogP contribution in [0.25, 0.3) is 0 Å². The molecule has 1 heterocycles. The molecule has 0 aliphatic carbocycles. The zero-order valence-corrected chi connectivity index (χ0v) is 9.60. The number of hydrogen-bond donors (Lipinski definition) is 1. The summed E-state index contributed by atoms with van der Waals surface area (Å²) in [5, 5.41) is 2.28. The minimum Gasteiger partial charge on any atom is -0.494 e. The summed E-state index contributed by atoms with van der Waals surface area (Å²) in [4.78, 5) is 24.1. The van der Waals surface area contributed by atoms with Gasteiger partial charge in [-0.15, -0.1) is 0 Å². The number of ether oxygens (including phenoxy) is 1. The minimum atomic E-state index is -0.370. The Labute approximate surface area is 99.4 Å². The molecule has 1 aliphatic rings. The van der Waals surface area contributed by atoms with Gasteiger partial charge in [-0.2, -0.15) is 0 Å². The summed E-state index contributed by atoms with van der Waals surface area (Å²) in [6.07, 6.45) is 0.332. The zero-order chi connectivity index (χ0) is 12.3. The monoisotopic (exact) mass is 234 g/mol. The highest BCUT2D eigenvalue weighted by Crippen LogP contribution is 2.21. The van der Waals surface area contributed by atoms with Crippen LogP contribution in [0.2, 0.25) is 0 Å². The fourth-order valence-electron chi connectivity index (χ4n) is 1.70. The highest BCUT2D eigenvalue weighted by molar-refractivity contribution is 6.05. The topological polar surface area (TPSA) is 58.6 Å². The van der Waals surface area contributed by atoms with Gasteiger partial charge >= 0.3 is 6.03 Å². The third-order valence-electron chi connectivity index (χ3n) is 2.51. The van der Waals surface area contributed by atoms with Gasteiger partial charge in [0.25, 0.3) is 0 Å². The van der Waals surface area contributed by atoms with E-state index in [0.717, 1.165) is 11.4 Å². The summed E-state index contributed by atoms with van der Waals surface area (Å²) in [7, 11) is 0. The molecule has 0 saturated carbocycles. The summed E-state index contributed by atoms with van der Waals surface area (Å²) in [6, 6.07) is 6.86. The van der Waals surface area contributed by atoms with Gasteiger partial charge in [0.15, 0.2) is 0 Å². The Bertz CT molecular complexity index is 428. The van der Waals surface area contributed by atoms with E-state index >= 15 is 0 Å². The first kappa shape index (κ1) is 11.4. The third kappa shape index (κ3) is 2.55. The molecule has 1 aliphatic heterocycles. The van der Waals surface area contributed by atoms with Gasteiger partial charge in [0, 0.05) is 18.7 Å². The molecule has 1 N–H and O–H groups in total. The van der Waals surface area contributed by atoms with Crippen molar-refractivity contribution in [3.63, 3.8) is 0 Å². The molecule has 0 atom stereocenters. The Morgan fingerprint density at radius 1 is 1.29 bits per heavy atom. The van der Waals surface area contributed by atoms with Crippen LogP contribution in [0.3, 0.4) is 0 Å². The fraction of sp³-hybridized carbons (Fsp3) is 0.333. The summed E-state index contributed by atoms with van der Waals surface area (Å²) in [5.41, 5.74) is 0.762. The smallest absolute Gasteiger partial charge is 0.328 e. The fourth-order valence-corrected chi connectivity index (χ4v) is 1.70. The van der Waals surface area contributed by atoms with Crippen molar-refractivity contribution in [3.8, 4) is 5.75 Å². The van der Waals surface area contributed by atoms with Crippen LogP contribution in [0.15, 0.2) is 24.3 Å². The van der Waals surface area contributed by atoms with Crippen LogP contribution in [0.5, 0.6) is 5.75 Å². The number of nitrogens with one attached hydrogen (secondary N) is 1. The molecule has 1 fully saturated rings. The predicted molar refractivity (Wildman–Crippen MR) is 63.1 cm³/mol. The molecular formula is C12H14N2O3. The molecule has 1 aromatic carbocycles. The Balaban J connectivity index is 2.11. The summed E-state index contributed by atoms with van der Waals surface area (Å²) in [5.74, 6) is 0.543. The molecule has 0 radical (unpaired) electrons. The van der Waals surface area contributed by atoms with E-state index in [1.165, 1.54) is 4.90 Å². The SMILES string of the molecule is CCOc1ccc(N2CCC(=O)NC2=O)cc1. The highest BCUT2D eigenvalue weighted by atomic mass is 16.5. The summed E-state index contributed by atoms with van der Waals surface area (Å²) in [6.45, 7) is 2.94. The van der Waals surface area contributed by atoms with Gasteiger partial charge in [0.1, 0.15) is 5.75 Å². The summed E-state index contributed by atoms with van der Waals surface area (Å²) >= 11 is 0. The van der Waals surface area contributed by atoms with Crippen LogP contribution in [0.1, 0.15) is 13.3 Å². The average molecular weight is 234 g/mol. The highest BCUT2D eigenvalue weighted by Gasteiger charge is 2.23. The standard InChI is InChI=1S/C12H14N2O3/c1-2-17-10-5-3-9(4-6-10)14-8-7-11(15)13-12(14)16/h3-6H,2,7-8H2,1H3,(H,13,15,16). The number of carbonyl (C=O) groups excluding carboxylic acids is 2. The van der Waals surface area contributed by atoms with Crippen molar-refractivity contribution in [2.45, 2.75) is 13.3 Å². The molecule has 0 spiro atoms. The van der Waals surface area contributed by atoms with Gasteiger partial charge < -0.3 is 4.74 Å². The minimum absolute atomic E-state index is 0.225. The Hall–Kier alpha value is -2.04. The van der Waals surface area contributed by atoms with Crippen molar-refractivity contribution < 1.29 is 14.3 Å². The van der Waals surface area contributed by atoms with Crippen LogP contribution >= 0.6 is 0 Å². The number of carbonyl (C=O) groups is 2. The quantitative estimate of drug-likeness (QED) is 0.862. The number of anilines is 1. The first-order chi connectivity index (χ1) is 8.20. The van der Waals surface area contributed by atoms with Crippen LogP contribution in [-0.4, -0.2) is 25.1 Å². The number of urea groups is 1. The van der Waals surface area contributed by atoms with Gasteiger partial charge in [-0.05, 0) is 31.2 Å². The van der Waals surface area contributed by atoms with E-state index in [2.05, 4.69) is 5.32 Å². The van der Waals surface area contributed by atoms with E-state index in [0.29, 0.717) is 19.6 Å². The Morgan fingerprint density at radius 3 is 2.59 bits per heavy atom. The van der Waals surface area contributed by atoms with Crippen LogP contribution in [-0.2, 0) is 4.79 Å². The van der Waals surface area contributed by atoms with Gasteiger partial charge in [-0.3, -0.25) is 15.0 Å². The van der Waals surface area contributed by atoms with Crippen molar-refractivity contribution >= 4 is 17.6 Å². The van der Waals surface area contributed by atoms with Crippen molar-refractivity contribution in [3.05, 3.63) is 24.3 Å². The molecule has 5 heteroatoms. The molecule has 2 rings (SSSR count). The maximum Gasteiger partial charge on any atom is 0.328 e. The number of hydrogen-bond acceptors (Lipinski definition) is 3. The first-order valence-electron chi connectivity index (χ1n) is 5.55. The normalized spacial score (nSPS) is 15.7. The lowest BCUT2D eigenvalue weighted by molar-refractivity contribution is -0.120. The van der Waals surface area contributed by atoms with Crippen molar-refractivity contribution in [2.75, 3.05) is 18.1 Å². The average Bonchev–Trinajstić information content (AvgIpc) is 2.31. The van der Waals surface area contributed by atoms with Crippen LogP contribution < -0.4 is 15.0 Å². The number of imide groups is 1. The molecule has 5 nitrogen and oxygen atoms in total. The molecular weight excluding hydrogens is 220 g/mol. The zero-order valence-electron chi connectivity index (χ0n) is 9.60. The number of amides is 3. The lowest BCUT2D eigenvalue weighted by Gasteiger charge is -2.26. The van der Waals surface area contributed by atoms with Gasteiger partial charge in [0.05, 0.1) is 6.61 Å². The second kappa shape index (κ2) is 4.86. The largest absolute Gasteiger partial charge is 0.494 e. The van der Waals surface area contributed by atoms with Gasteiger partial charge in [0.2, 0.25) is 5.91 Å². The van der Waals surface area contributed by atoms with E-state index in [1.807, 2.05) is 19.1 Å². The Morgan fingerprint density at radius 2 is 2.00 bits per heavy atom. The maximum absolute atomic E-state index is 11.6. The van der Waals surface area contributed by atoms with E-state index in [1.54, 1.807) is 12.1 Å². The number of rotatable bonds is 3. The van der Waals surface area contributed by atoms with Crippen molar-refractivity contribution in [1.82, 2.24) is 5.32 Å². The molecule has 0 bridgehead atoms. The molecule has 1 aromatic rings. The summed E-state index contributed by atoms with van der Waals surface area (Å²) < 4.78 is 5.32. The third-order valence-corrected chi connectivity index (χ3v) is 2.51. The van der Waals surface area contributed by atoms with E-state index in [4.69, 9.17) is 4.74 Å². The van der Waals surface area contributed by atoms with E-state index in [-0.39, 0.29) is 11.9 Å². The van der Waals surface area contributed by atoms with E-state index < -0.39 is 0 Å². The van der Waals surface area contributed by atoms with E-state index in [9.17, 15) is 9.59 Å². The molecule has 1 saturated heterocycles. The van der Waals surface area contributed by atoms with Crippen molar-refractivity contribution in [1.29, 1.82) is 0 Å². The number of benzene rings is 1. The molecule has 0 unspecified atom stereocenters. The predicted octanol–water partition coefficient (Wildman–Crippen LogP) is 1.53. The molecule has 0 aromatic heterocycles. The Kier molecular flexibility index (Phi) is 3.27. The lowest BCUT2D eigenvalue weighted by atomic mass is 10.2. The van der Waals surface area contributed by atoms with Gasteiger partial charge in [-0.1, -0.05) is 0 Å². The number of nitrogens with zero attached hydrogens (tertiary/aromatic N) is 1. The van der Waals surface area contributed by atoms with Crippen molar-refractivity contribution in [2.24, 2.45) is 0 Å².